The second-order valence-corrected chi connectivity index (χ2v) is 5.90. The van der Waals surface area contributed by atoms with Crippen LogP contribution in [0.2, 0.25) is 0 Å². The van der Waals surface area contributed by atoms with Crippen molar-refractivity contribution in [1.29, 1.82) is 0 Å². The summed E-state index contributed by atoms with van der Waals surface area (Å²) in [7, 11) is 2.05. The Bertz CT molecular complexity index is 558. The van der Waals surface area contributed by atoms with Gasteiger partial charge in [-0.3, -0.25) is 0 Å². The first-order valence-corrected chi connectivity index (χ1v) is 7.08. The Morgan fingerprint density at radius 2 is 2.00 bits per heavy atom. The Kier molecular flexibility index (Phi) is 3.89. The Hall–Kier alpha value is -1.77. The van der Waals surface area contributed by atoms with Gasteiger partial charge in [-0.2, -0.15) is 0 Å². The average Bonchev–Trinajstić information content (AvgIpc) is 2.39. The highest BCUT2D eigenvalue weighted by atomic mass is 16.5. The van der Waals surface area contributed by atoms with Crippen LogP contribution in [0.25, 0.3) is 5.70 Å². The normalized spacial score (nSPS) is 19.4. The number of rotatable bonds is 2. The van der Waals surface area contributed by atoms with E-state index in [0.29, 0.717) is 12.2 Å². The number of carbonyl (C=O) groups excluding carboxylic acids is 1. The molecule has 0 aromatic heterocycles. The Labute approximate surface area is 121 Å². The van der Waals surface area contributed by atoms with Gasteiger partial charge in [-0.25, -0.2) is 4.79 Å². The number of likely N-dealkylation sites (N-methyl/N-ethyl adjacent to an activating group) is 1. The molecule has 3 nitrogen and oxygen atoms in total. The summed E-state index contributed by atoms with van der Waals surface area (Å²) in [6, 6.07) is 8.29. The summed E-state index contributed by atoms with van der Waals surface area (Å²) in [4.78, 5) is 14.3. The molecule has 0 bridgehead atoms. The van der Waals surface area contributed by atoms with Crippen molar-refractivity contribution in [3.8, 4) is 0 Å². The van der Waals surface area contributed by atoms with Gasteiger partial charge in [0, 0.05) is 18.2 Å². The monoisotopic (exact) mass is 273 g/mol. The molecule has 1 aliphatic heterocycles. The van der Waals surface area contributed by atoms with Crippen molar-refractivity contribution in [3.63, 3.8) is 0 Å². The van der Waals surface area contributed by atoms with Gasteiger partial charge in [0.25, 0.3) is 0 Å². The maximum Gasteiger partial charge on any atom is 0.335 e. The van der Waals surface area contributed by atoms with Gasteiger partial charge in [0.1, 0.15) is 0 Å². The molecule has 1 heterocycles. The first-order valence-electron chi connectivity index (χ1n) is 7.08. The zero-order valence-corrected chi connectivity index (χ0v) is 13.0. The maximum atomic E-state index is 12.1. The number of esters is 1. The van der Waals surface area contributed by atoms with E-state index in [9.17, 15) is 4.79 Å². The summed E-state index contributed by atoms with van der Waals surface area (Å²) in [6.07, 6.45) is 0.972. The van der Waals surface area contributed by atoms with E-state index in [1.165, 1.54) is 5.56 Å². The molecule has 1 aromatic carbocycles. The van der Waals surface area contributed by atoms with Crippen molar-refractivity contribution in [2.45, 2.75) is 39.7 Å². The molecule has 0 saturated carbocycles. The van der Waals surface area contributed by atoms with E-state index in [0.717, 1.165) is 17.7 Å². The van der Waals surface area contributed by atoms with Crippen LogP contribution in [-0.4, -0.2) is 30.1 Å². The average molecular weight is 273 g/mol. The highest BCUT2D eigenvalue weighted by Crippen LogP contribution is 2.38. The first-order chi connectivity index (χ1) is 9.38. The minimum Gasteiger partial charge on any atom is -0.463 e. The fourth-order valence-electron chi connectivity index (χ4n) is 2.76. The standard InChI is InChI=1S/C17H23NO2/c1-6-20-16(19)12(2)15-14-10-8-7-9-13(14)11-17(3,4)18(15)5/h7-10H,6,11H2,1-5H3. The predicted molar refractivity (Wildman–Crippen MR) is 81.2 cm³/mol. The van der Waals surface area contributed by atoms with Crippen LogP contribution in [0.3, 0.4) is 0 Å². The lowest BCUT2D eigenvalue weighted by Gasteiger charge is -2.44. The van der Waals surface area contributed by atoms with Crippen LogP contribution in [-0.2, 0) is 16.0 Å². The van der Waals surface area contributed by atoms with Gasteiger partial charge in [-0.1, -0.05) is 24.3 Å². The van der Waals surface area contributed by atoms with Gasteiger partial charge < -0.3 is 9.64 Å². The molecule has 0 atom stereocenters. The quantitative estimate of drug-likeness (QED) is 0.612. The number of carbonyl (C=O) groups is 1. The molecule has 0 saturated heterocycles. The third-order valence-corrected chi connectivity index (χ3v) is 4.08. The second kappa shape index (κ2) is 5.31. The van der Waals surface area contributed by atoms with E-state index < -0.39 is 0 Å². The van der Waals surface area contributed by atoms with Crippen LogP contribution < -0.4 is 0 Å². The lowest BCUT2D eigenvalue weighted by molar-refractivity contribution is -0.138. The topological polar surface area (TPSA) is 29.5 Å². The van der Waals surface area contributed by atoms with E-state index in [4.69, 9.17) is 4.74 Å². The van der Waals surface area contributed by atoms with Gasteiger partial charge >= 0.3 is 5.97 Å². The predicted octanol–water partition coefficient (Wildman–Crippen LogP) is 3.25. The number of hydrogen-bond acceptors (Lipinski definition) is 3. The highest BCUT2D eigenvalue weighted by molar-refractivity contribution is 5.97. The zero-order valence-electron chi connectivity index (χ0n) is 13.0. The highest BCUT2D eigenvalue weighted by Gasteiger charge is 2.34. The van der Waals surface area contributed by atoms with Crippen LogP contribution >= 0.6 is 0 Å². The Balaban J connectivity index is 2.60. The summed E-state index contributed by atoms with van der Waals surface area (Å²) in [6.45, 7) is 8.47. The molecular formula is C17H23NO2. The van der Waals surface area contributed by atoms with Crippen LogP contribution in [0, 0.1) is 0 Å². The van der Waals surface area contributed by atoms with Gasteiger partial charge in [0.2, 0.25) is 0 Å². The lowest BCUT2D eigenvalue weighted by Crippen LogP contribution is -2.45. The molecule has 0 aliphatic carbocycles. The van der Waals surface area contributed by atoms with Gasteiger partial charge in [0.05, 0.1) is 17.9 Å². The summed E-state index contributed by atoms with van der Waals surface area (Å²) in [5.74, 6) is -0.234. The third-order valence-electron chi connectivity index (χ3n) is 4.08. The fourth-order valence-corrected chi connectivity index (χ4v) is 2.76. The number of benzene rings is 1. The molecule has 0 spiro atoms. The van der Waals surface area contributed by atoms with Crippen LogP contribution in [0.5, 0.6) is 0 Å². The third kappa shape index (κ3) is 2.45. The lowest BCUT2D eigenvalue weighted by atomic mass is 9.83. The minimum atomic E-state index is -0.234. The molecule has 108 valence electrons. The molecule has 1 aromatic rings. The molecule has 0 amide bonds. The SMILES string of the molecule is CCOC(=O)C(C)=C1c2ccccc2CC(C)(C)N1C. The number of fused-ring (bicyclic) bond motifs is 1. The van der Waals surface area contributed by atoms with Crippen LogP contribution in [0.15, 0.2) is 29.8 Å². The largest absolute Gasteiger partial charge is 0.463 e. The molecule has 0 unspecified atom stereocenters. The Morgan fingerprint density at radius 1 is 1.35 bits per heavy atom. The number of ether oxygens (including phenoxy) is 1. The van der Waals surface area contributed by atoms with E-state index in [1.807, 2.05) is 27.0 Å². The maximum absolute atomic E-state index is 12.1. The summed E-state index contributed by atoms with van der Waals surface area (Å²) < 4.78 is 5.16. The second-order valence-electron chi connectivity index (χ2n) is 5.90. The van der Waals surface area contributed by atoms with Crippen molar-refractivity contribution < 1.29 is 9.53 Å². The molecule has 3 heteroatoms. The molecule has 2 rings (SSSR count). The van der Waals surface area contributed by atoms with E-state index in [1.54, 1.807) is 0 Å². The van der Waals surface area contributed by atoms with Crippen molar-refractivity contribution in [3.05, 3.63) is 41.0 Å². The van der Waals surface area contributed by atoms with Crippen molar-refractivity contribution in [2.75, 3.05) is 13.7 Å². The Morgan fingerprint density at radius 3 is 2.65 bits per heavy atom. The number of hydrogen-bond donors (Lipinski definition) is 0. The summed E-state index contributed by atoms with van der Waals surface area (Å²) in [5.41, 5.74) is 4.07. The van der Waals surface area contributed by atoms with Crippen LogP contribution in [0.4, 0.5) is 0 Å². The summed E-state index contributed by atoms with van der Waals surface area (Å²) >= 11 is 0. The van der Waals surface area contributed by atoms with Crippen molar-refractivity contribution >= 4 is 11.7 Å². The van der Waals surface area contributed by atoms with Crippen molar-refractivity contribution in [1.82, 2.24) is 4.90 Å². The zero-order chi connectivity index (χ0) is 14.9. The van der Waals surface area contributed by atoms with Gasteiger partial charge in [-0.15, -0.1) is 0 Å². The molecule has 20 heavy (non-hydrogen) atoms. The van der Waals surface area contributed by atoms with E-state index in [2.05, 4.69) is 36.9 Å². The number of nitrogens with zero attached hydrogens (tertiary/aromatic N) is 1. The van der Waals surface area contributed by atoms with Gasteiger partial charge in [0.15, 0.2) is 0 Å². The van der Waals surface area contributed by atoms with Gasteiger partial charge in [-0.05, 0) is 39.7 Å². The molecular weight excluding hydrogens is 250 g/mol. The van der Waals surface area contributed by atoms with Crippen LogP contribution in [0.1, 0.15) is 38.8 Å². The van der Waals surface area contributed by atoms with E-state index >= 15 is 0 Å². The molecule has 0 N–H and O–H groups in total. The fraction of sp³-hybridized carbons (Fsp3) is 0.471. The molecule has 1 aliphatic rings. The first kappa shape index (κ1) is 14.6. The van der Waals surface area contributed by atoms with Crippen molar-refractivity contribution in [2.24, 2.45) is 0 Å². The van der Waals surface area contributed by atoms with E-state index in [-0.39, 0.29) is 11.5 Å². The molecule has 0 radical (unpaired) electrons. The minimum absolute atomic E-state index is 0.0164. The molecule has 0 fully saturated rings. The summed E-state index contributed by atoms with van der Waals surface area (Å²) in [5, 5.41) is 0. The smallest absolute Gasteiger partial charge is 0.335 e.